The van der Waals surface area contributed by atoms with Gasteiger partial charge >= 0.3 is 0 Å². The molecule has 1 saturated heterocycles. The van der Waals surface area contributed by atoms with Crippen LogP contribution in [0.15, 0.2) is 46.9 Å². The summed E-state index contributed by atoms with van der Waals surface area (Å²) in [7, 11) is 0. The summed E-state index contributed by atoms with van der Waals surface area (Å²) in [5.41, 5.74) is 4.63. The molecule has 3 rings (SSSR count). The van der Waals surface area contributed by atoms with Crippen LogP contribution >= 0.6 is 15.9 Å². The van der Waals surface area contributed by atoms with E-state index < -0.39 is 0 Å². The third-order valence-corrected chi connectivity index (χ3v) is 5.84. The number of benzene rings is 2. The lowest BCUT2D eigenvalue weighted by Gasteiger charge is -2.32. The van der Waals surface area contributed by atoms with Crippen LogP contribution in [0, 0.1) is 12.8 Å². The fourth-order valence-electron chi connectivity index (χ4n) is 3.87. The maximum atomic E-state index is 13.0. The zero-order chi connectivity index (χ0) is 19.4. The van der Waals surface area contributed by atoms with Crippen molar-refractivity contribution in [3.8, 4) is 0 Å². The largest absolute Gasteiger partial charge is 0.325 e. The van der Waals surface area contributed by atoms with Crippen molar-refractivity contribution in [1.82, 2.24) is 4.90 Å². The first-order chi connectivity index (χ1) is 12.9. The summed E-state index contributed by atoms with van der Waals surface area (Å²) in [5.74, 6) is 0.593. The molecule has 4 heteroatoms. The lowest BCUT2D eigenvalue weighted by molar-refractivity contribution is -0.121. The van der Waals surface area contributed by atoms with Crippen LogP contribution in [-0.4, -0.2) is 23.9 Å². The standard InChI is InChI=1S/C23H29BrN2O/c1-16(2)21-11-4-7-17(3)22(21)25-23(27)19-9-6-12-26(15-19)14-18-8-5-10-20(24)13-18/h4-5,7-8,10-11,13,16,19H,6,9,12,14-15H2,1-3H3,(H,25,27). The van der Waals surface area contributed by atoms with Gasteiger partial charge in [-0.2, -0.15) is 0 Å². The molecule has 1 heterocycles. The molecule has 144 valence electrons. The van der Waals surface area contributed by atoms with Gasteiger partial charge in [-0.1, -0.05) is 60.1 Å². The van der Waals surface area contributed by atoms with Gasteiger partial charge < -0.3 is 5.32 Å². The van der Waals surface area contributed by atoms with Crippen molar-refractivity contribution < 1.29 is 4.79 Å². The van der Waals surface area contributed by atoms with Crippen molar-refractivity contribution in [3.05, 3.63) is 63.6 Å². The van der Waals surface area contributed by atoms with Gasteiger partial charge in [0.15, 0.2) is 0 Å². The maximum absolute atomic E-state index is 13.0. The number of amides is 1. The fraction of sp³-hybridized carbons (Fsp3) is 0.435. The second-order valence-corrected chi connectivity index (χ2v) is 8.80. The minimum absolute atomic E-state index is 0.0468. The van der Waals surface area contributed by atoms with Gasteiger partial charge in [0.05, 0.1) is 5.92 Å². The number of anilines is 1. The van der Waals surface area contributed by atoms with Crippen LogP contribution in [0.25, 0.3) is 0 Å². The Bertz CT molecular complexity index is 803. The number of para-hydroxylation sites is 1. The van der Waals surface area contributed by atoms with Crippen LogP contribution in [0.3, 0.4) is 0 Å². The van der Waals surface area contributed by atoms with Crippen LogP contribution in [0.4, 0.5) is 5.69 Å². The summed E-state index contributed by atoms with van der Waals surface area (Å²) < 4.78 is 1.10. The number of halogens is 1. The maximum Gasteiger partial charge on any atom is 0.228 e. The van der Waals surface area contributed by atoms with E-state index in [0.717, 1.165) is 48.2 Å². The average Bonchev–Trinajstić information content (AvgIpc) is 2.63. The summed E-state index contributed by atoms with van der Waals surface area (Å²) in [5, 5.41) is 3.25. The Morgan fingerprint density at radius 1 is 1.26 bits per heavy atom. The molecule has 1 unspecified atom stereocenters. The predicted molar refractivity (Wildman–Crippen MR) is 116 cm³/mol. The SMILES string of the molecule is Cc1cccc(C(C)C)c1NC(=O)C1CCCN(Cc2cccc(Br)c2)C1. The third kappa shape index (κ3) is 5.20. The lowest BCUT2D eigenvalue weighted by atomic mass is 9.94. The number of nitrogens with one attached hydrogen (secondary N) is 1. The summed E-state index contributed by atoms with van der Waals surface area (Å²) in [6.45, 7) is 9.18. The van der Waals surface area contributed by atoms with E-state index in [-0.39, 0.29) is 11.8 Å². The topological polar surface area (TPSA) is 32.3 Å². The summed E-state index contributed by atoms with van der Waals surface area (Å²) in [6.07, 6.45) is 2.03. The second kappa shape index (κ2) is 9.03. The van der Waals surface area contributed by atoms with E-state index in [9.17, 15) is 4.79 Å². The van der Waals surface area contributed by atoms with E-state index in [2.05, 4.69) is 83.3 Å². The molecule has 3 nitrogen and oxygen atoms in total. The molecular formula is C23H29BrN2O. The zero-order valence-corrected chi connectivity index (χ0v) is 18.1. The highest BCUT2D eigenvalue weighted by atomic mass is 79.9. The van der Waals surface area contributed by atoms with E-state index >= 15 is 0 Å². The first kappa shape index (κ1) is 20.1. The molecule has 1 amide bonds. The van der Waals surface area contributed by atoms with Crippen molar-refractivity contribution in [2.24, 2.45) is 5.92 Å². The molecule has 1 fully saturated rings. The summed E-state index contributed by atoms with van der Waals surface area (Å²) >= 11 is 3.54. The molecule has 0 radical (unpaired) electrons. The van der Waals surface area contributed by atoms with E-state index in [0.29, 0.717) is 5.92 Å². The smallest absolute Gasteiger partial charge is 0.228 e. The second-order valence-electron chi connectivity index (χ2n) is 7.89. The monoisotopic (exact) mass is 428 g/mol. The molecule has 27 heavy (non-hydrogen) atoms. The van der Waals surface area contributed by atoms with Crippen LogP contribution < -0.4 is 5.32 Å². The molecule has 2 aromatic carbocycles. The highest BCUT2D eigenvalue weighted by molar-refractivity contribution is 9.10. The molecule has 0 spiro atoms. The summed E-state index contributed by atoms with van der Waals surface area (Å²) in [4.78, 5) is 15.4. The normalized spacial score (nSPS) is 17.9. The molecule has 0 bridgehead atoms. The van der Waals surface area contributed by atoms with Gasteiger partial charge in [0, 0.05) is 23.2 Å². The Balaban J connectivity index is 1.67. The van der Waals surface area contributed by atoms with E-state index in [1.165, 1.54) is 11.1 Å². The van der Waals surface area contributed by atoms with E-state index in [1.807, 2.05) is 6.07 Å². The Morgan fingerprint density at radius 3 is 2.78 bits per heavy atom. The van der Waals surface area contributed by atoms with Crippen LogP contribution in [0.1, 0.15) is 49.3 Å². The van der Waals surface area contributed by atoms with Gasteiger partial charge in [-0.25, -0.2) is 0 Å². The fourth-order valence-corrected chi connectivity index (χ4v) is 4.32. The van der Waals surface area contributed by atoms with Crippen LogP contribution in [0.5, 0.6) is 0 Å². The molecule has 1 atom stereocenters. The molecule has 0 aliphatic carbocycles. The number of nitrogens with zero attached hydrogens (tertiary/aromatic N) is 1. The third-order valence-electron chi connectivity index (χ3n) is 5.35. The van der Waals surface area contributed by atoms with Crippen molar-refractivity contribution in [3.63, 3.8) is 0 Å². The Kier molecular flexibility index (Phi) is 6.72. The van der Waals surface area contributed by atoms with Crippen molar-refractivity contribution in [2.75, 3.05) is 18.4 Å². The van der Waals surface area contributed by atoms with E-state index in [1.54, 1.807) is 0 Å². The zero-order valence-electron chi connectivity index (χ0n) is 16.5. The first-order valence-corrected chi connectivity index (χ1v) is 10.6. The number of piperidine rings is 1. The van der Waals surface area contributed by atoms with Crippen LogP contribution in [-0.2, 0) is 11.3 Å². The Labute approximate surface area is 171 Å². The Hall–Kier alpha value is -1.65. The Morgan fingerprint density at radius 2 is 2.04 bits per heavy atom. The van der Waals surface area contributed by atoms with Crippen molar-refractivity contribution in [1.29, 1.82) is 0 Å². The molecule has 0 aromatic heterocycles. The number of hydrogen-bond acceptors (Lipinski definition) is 2. The van der Waals surface area contributed by atoms with Crippen LogP contribution in [0.2, 0.25) is 0 Å². The number of likely N-dealkylation sites (tertiary alicyclic amines) is 1. The number of hydrogen-bond donors (Lipinski definition) is 1. The number of rotatable bonds is 5. The first-order valence-electron chi connectivity index (χ1n) is 9.81. The van der Waals surface area contributed by atoms with Gasteiger partial charge in [0.25, 0.3) is 0 Å². The molecule has 1 aliphatic rings. The lowest BCUT2D eigenvalue weighted by Crippen LogP contribution is -2.40. The van der Waals surface area contributed by atoms with E-state index in [4.69, 9.17) is 0 Å². The number of carbonyl (C=O) groups is 1. The summed E-state index contributed by atoms with van der Waals surface area (Å²) in [6, 6.07) is 14.7. The molecule has 0 saturated carbocycles. The average molecular weight is 429 g/mol. The predicted octanol–water partition coefficient (Wildman–Crippen LogP) is 5.73. The molecule has 1 aliphatic heterocycles. The molecule has 1 N–H and O–H groups in total. The van der Waals surface area contributed by atoms with Crippen molar-refractivity contribution >= 4 is 27.5 Å². The van der Waals surface area contributed by atoms with Crippen molar-refractivity contribution in [2.45, 2.75) is 46.1 Å². The molecule has 2 aromatic rings. The quantitative estimate of drug-likeness (QED) is 0.658. The highest BCUT2D eigenvalue weighted by Gasteiger charge is 2.26. The molecular weight excluding hydrogens is 400 g/mol. The highest BCUT2D eigenvalue weighted by Crippen LogP contribution is 2.29. The minimum Gasteiger partial charge on any atom is -0.325 e. The van der Waals surface area contributed by atoms with Gasteiger partial charge in [-0.15, -0.1) is 0 Å². The minimum atomic E-state index is 0.0468. The number of carbonyl (C=O) groups excluding carboxylic acids is 1. The van der Waals surface area contributed by atoms with Gasteiger partial charge in [-0.05, 0) is 61.1 Å². The van der Waals surface area contributed by atoms with Gasteiger partial charge in [0.2, 0.25) is 5.91 Å². The van der Waals surface area contributed by atoms with Gasteiger partial charge in [0.1, 0.15) is 0 Å². The van der Waals surface area contributed by atoms with Gasteiger partial charge in [-0.3, -0.25) is 9.69 Å². The number of aryl methyl sites for hydroxylation is 1.